The second-order valence-corrected chi connectivity index (χ2v) is 6.48. The number of ether oxygens (including phenoxy) is 1. The zero-order valence-corrected chi connectivity index (χ0v) is 11.7. The fourth-order valence-electron chi connectivity index (χ4n) is 1.44. The highest BCUT2D eigenvalue weighted by molar-refractivity contribution is 7.90. The van der Waals surface area contributed by atoms with Crippen LogP contribution in [0.1, 0.15) is 5.56 Å². The summed E-state index contributed by atoms with van der Waals surface area (Å²) in [5.41, 5.74) is -0.823. The molecule has 0 aliphatic carbocycles. The third-order valence-corrected chi connectivity index (χ3v) is 3.32. The van der Waals surface area contributed by atoms with Crippen LogP contribution >= 0.6 is 0 Å². The van der Waals surface area contributed by atoms with Gasteiger partial charge in [-0.2, -0.15) is 13.2 Å². The molecule has 8 heteroatoms. The van der Waals surface area contributed by atoms with E-state index in [4.69, 9.17) is 4.74 Å². The van der Waals surface area contributed by atoms with Crippen LogP contribution in [0, 0.1) is 0 Å². The predicted octanol–water partition coefficient (Wildman–Crippen LogP) is 1.72. The van der Waals surface area contributed by atoms with Crippen molar-refractivity contribution in [3.8, 4) is 5.75 Å². The van der Waals surface area contributed by atoms with Gasteiger partial charge in [-0.3, -0.25) is 0 Å². The first-order chi connectivity index (χ1) is 9.20. The zero-order chi connectivity index (χ0) is 15.2. The molecule has 0 aromatic heterocycles. The van der Waals surface area contributed by atoms with Crippen LogP contribution in [0.15, 0.2) is 24.3 Å². The van der Waals surface area contributed by atoms with E-state index in [-0.39, 0.29) is 31.2 Å². The molecule has 0 aliphatic rings. The molecule has 1 aromatic carbocycles. The molecule has 0 aliphatic heterocycles. The Bertz CT molecular complexity index is 529. The van der Waals surface area contributed by atoms with Gasteiger partial charge in [0.15, 0.2) is 0 Å². The van der Waals surface area contributed by atoms with Crippen molar-refractivity contribution in [3.63, 3.8) is 0 Å². The number of hydrogen-bond donors (Lipinski definition) is 1. The molecule has 0 heterocycles. The quantitative estimate of drug-likeness (QED) is 0.779. The van der Waals surface area contributed by atoms with E-state index in [9.17, 15) is 21.6 Å². The van der Waals surface area contributed by atoms with Crippen molar-refractivity contribution in [2.45, 2.75) is 6.18 Å². The molecule has 20 heavy (non-hydrogen) atoms. The fourth-order valence-corrected chi connectivity index (χ4v) is 1.96. The molecule has 114 valence electrons. The van der Waals surface area contributed by atoms with E-state index in [0.29, 0.717) is 0 Å². The molecule has 0 atom stereocenters. The lowest BCUT2D eigenvalue weighted by molar-refractivity contribution is -0.138. The average molecular weight is 311 g/mol. The molecule has 0 fully saturated rings. The molecule has 0 unspecified atom stereocenters. The Hall–Kier alpha value is -1.28. The van der Waals surface area contributed by atoms with Gasteiger partial charge in [0.1, 0.15) is 22.2 Å². The van der Waals surface area contributed by atoms with Crippen LogP contribution in [0.25, 0.3) is 0 Å². The van der Waals surface area contributed by atoms with Crippen molar-refractivity contribution in [1.82, 2.24) is 5.32 Å². The topological polar surface area (TPSA) is 55.4 Å². The van der Waals surface area contributed by atoms with E-state index >= 15 is 0 Å². The summed E-state index contributed by atoms with van der Waals surface area (Å²) in [5.74, 6) is -0.253. The second-order valence-electron chi connectivity index (χ2n) is 4.22. The number of nitrogens with one attached hydrogen (secondary N) is 1. The third kappa shape index (κ3) is 6.25. The highest BCUT2D eigenvalue weighted by Gasteiger charge is 2.33. The van der Waals surface area contributed by atoms with Gasteiger partial charge < -0.3 is 10.1 Å². The summed E-state index contributed by atoms with van der Waals surface area (Å²) in [6, 6.07) is 4.95. The van der Waals surface area contributed by atoms with E-state index in [2.05, 4.69) is 5.32 Å². The van der Waals surface area contributed by atoms with Crippen molar-refractivity contribution in [2.24, 2.45) is 0 Å². The molecular formula is C12H16F3NO3S. The highest BCUT2D eigenvalue weighted by Crippen LogP contribution is 2.35. The van der Waals surface area contributed by atoms with Gasteiger partial charge in [0.2, 0.25) is 0 Å². The van der Waals surface area contributed by atoms with E-state index in [1.807, 2.05) is 0 Å². The first-order valence-electron chi connectivity index (χ1n) is 5.87. The van der Waals surface area contributed by atoms with Gasteiger partial charge in [-0.05, 0) is 12.1 Å². The number of sulfone groups is 1. The SMILES string of the molecule is CS(=O)(=O)CCNCCOc1ccccc1C(F)(F)F. The largest absolute Gasteiger partial charge is 0.492 e. The molecule has 0 saturated heterocycles. The minimum atomic E-state index is -4.46. The predicted molar refractivity (Wildman–Crippen MR) is 69.5 cm³/mol. The lowest BCUT2D eigenvalue weighted by atomic mass is 10.2. The lowest BCUT2D eigenvalue weighted by Gasteiger charge is -2.13. The van der Waals surface area contributed by atoms with Crippen molar-refractivity contribution in [2.75, 3.05) is 31.7 Å². The normalized spacial score (nSPS) is 12.4. The number of alkyl halides is 3. The summed E-state index contributed by atoms with van der Waals surface area (Å²) < 4.78 is 64.7. The van der Waals surface area contributed by atoms with E-state index < -0.39 is 21.6 Å². The first kappa shape index (κ1) is 16.8. The Balaban J connectivity index is 2.40. The van der Waals surface area contributed by atoms with Gasteiger partial charge in [0.05, 0.1) is 11.3 Å². The van der Waals surface area contributed by atoms with Crippen LogP contribution in [0.3, 0.4) is 0 Å². The maximum absolute atomic E-state index is 12.6. The molecule has 0 amide bonds. The number of halogens is 3. The van der Waals surface area contributed by atoms with Crippen molar-refractivity contribution >= 4 is 9.84 Å². The average Bonchev–Trinajstić information content (AvgIpc) is 2.31. The van der Waals surface area contributed by atoms with Gasteiger partial charge in [0, 0.05) is 19.3 Å². The molecule has 1 rings (SSSR count). The Morgan fingerprint density at radius 3 is 2.45 bits per heavy atom. The molecule has 1 aromatic rings. The fraction of sp³-hybridized carbons (Fsp3) is 0.500. The molecule has 0 radical (unpaired) electrons. The summed E-state index contributed by atoms with van der Waals surface area (Å²) >= 11 is 0. The number of para-hydroxylation sites is 1. The van der Waals surface area contributed by atoms with Crippen LogP contribution in [0.5, 0.6) is 5.75 Å². The van der Waals surface area contributed by atoms with E-state index in [0.717, 1.165) is 12.3 Å². The van der Waals surface area contributed by atoms with Gasteiger partial charge in [-0.15, -0.1) is 0 Å². The Labute approximate surface area is 115 Å². The maximum atomic E-state index is 12.6. The summed E-state index contributed by atoms with van der Waals surface area (Å²) in [7, 11) is -3.04. The molecule has 0 spiro atoms. The molecular weight excluding hydrogens is 295 g/mol. The zero-order valence-electron chi connectivity index (χ0n) is 10.9. The molecule has 0 bridgehead atoms. The Morgan fingerprint density at radius 1 is 1.20 bits per heavy atom. The summed E-state index contributed by atoms with van der Waals surface area (Å²) in [5, 5.41) is 2.78. The number of rotatable bonds is 7. The van der Waals surface area contributed by atoms with Gasteiger partial charge in [-0.25, -0.2) is 8.42 Å². The maximum Gasteiger partial charge on any atom is 0.419 e. The monoisotopic (exact) mass is 311 g/mol. The third-order valence-electron chi connectivity index (χ3n) is 2.38. The van der Waals surface area contributed by atoms with Crippen LogP contribution < -0.4 is 10.1 Å². The van der Waals surface area contributed by atoms with Crippen LogP contribution in [0.4, 0.5) is 13.2 Å². The van der Waals surface area contributed by atoms with Crippen LogP contribution in [-0.4, -0.2) is 40.1 Å². The van der Waals surface area contributed by atoms with Crippen molar-refractivity contribution in [3.05, 3.63) is 29.8 Å². The summed E-state index contributed by atoms with van der Waals surface area (Å²) in [6.07, 6.45) is -3.34. The van der Waals surface area contributed by atoms with E-state index in [1.54, 1.807) is 0 Å². The van der Waals surface area contributed by atoms with Crippen LogP contribution in [-0.2, 0) is 16.0 Å². The minimum Gasteiger partial charge on any atom is -0.492 e. The van der Waals surface area contributed by atoms with Crippen molar-refractivity contribution in [1.29, 1.82) is 0 Å². The summed E-state index contributed by atoms with van der Waals surface area (Å²) in [6.45, 7) is 0.529. The second kappa shape index (κ2) is 6.94. The standard InChI is InChI=1S/C12H16F3NO3S/c1-20(17,18)9-7-16-6-8-19-11-5-3-2-4-10(11)12(13,14)15/h2-5,16H,6-9H2,1H3. The first-order valence-corrected chi connectivity index (χ1v) is 7.93. The van der Waals surface area contributed by atoms with Gasteiger partial charge >= 0.3 is 6.18 Å². The van der Waals surface area contributed by atoms with Crippen molar-refractivity contribution < 1.29 is 26.3 Å². The van der Waals surface area contributed by atoms with Gasteiger partial charge in [0.25, 0.3) is 0 Å². The highest BCUT2D eigenvalue weighted by atomic mass is 32.2. The summed E-state index contributed by atoms with van der Waals surface area (Å²) in [4.78, 5) is 0. The Morgan fingerprint density at radius 2 is 1.85 bits per heavy atom. The lowest BCUT2D eigenvalue weighted by Crippen LogP contribution is -2.27. The molecule has 1 N–H and O–H groups in total. The minimum absolute atomic E-state index is 0.0217. The molecule has 4 nitrogen and oxygen atoms in total. The van der Waals surface area contributed by atoms with Crippen LogP contribution in [0.2, 0.25) is 0 Å². The number of benzene rings is 1. The smallest absolute Gasteiger partial charge is 0.419 e. The Kier molecular flexibility index (Phi) is 5.82. The van der Waals surface area contributed by atoms with Gasteiger partial charge in [-0.1, -0.05) is 12.1 Å². The number of hydrogen-bond acceptors (Lipinski definition) is 4. The molecule has 0 saturated carbocycles. The van der Waals surface area contributed by atoms with E-state index in [1.165, 1.54) is 18.2 Å².